The second-order valence-electron chi connectivity index (χ2n) is 6.09. The number of hydrogen-bond donors (Lipinski definition) is 1. The minimum atomic E-state index is -3.23. The van der Waals surface area contributed by atoms with Crippen molar-refractivity contribution < 1.29 is 13.3 Å². The van der Waals surface area contributed by atoms with Crippen LogP contribution in [-0.2, 0) is 16.7 Å². The highest BCUT2D eigenvalue weighted by molar-refractivity contribution is 7.88. The number of rotatable bonds is 5. The summed E-state index contributed by atoms with van der Waals surface area (Å²) in [5.74, 6) is 0. The molecule has 0 aliphatic carbocycles. The first kappa shape index (κ1) is 16.8. The fraction of sp³-hybridized carbons (Fsp3) is 0.500. The number of likely N-dealkylation sites (tertiary alicyclic amines) is 1. The molecule has 2 aromatic rings. The molecule has 0 bridgehead atoms. The summed E-state index contributed by atoms with van der Waals surface area (Å²) in [7, 11) is -3.23. The highest BCUT2D eigenvalue weighted by Gasteiger charge is 2.23. The van der Waals surface area contributed by atoms with Gasteiger partial charge in [0.1, 0.15) is 0 Å². The first-order valence-corrected chi connectivity index (χ1v) is 9.50. The number of nitro benzene ring substituents is 1. The average Bonchev–Trinajstić information content (AvgIpc) is 2.88. The number of nitro groups is 1. The molecule has 130 valence electrons. The fourth-order valence-corrected chi connectivity index (χ4v) is 3.86. The van der Waals surface area contributed by atoms with Crippen molar-refractivity contribution in [3.63, 3.8) is 0 Å². The van der Waals surface area contributed by atoms with E-state index in [0.29, 0.717) is 18.7 Å². The second kappa shape index (κ2) is 6.46. The Morgan fingerprint density at radius 2 is 2.25 bits per heavy atom. The van der Waals surface area contributed by atoms with E-state index in [0.717, 1.165) is 31.0 Å². The van der Waals surface area contributed by atoms with Gasteiger partial charge in [-0.1, -0.05) is 0 Å². The Balaban J connectivity index is 1.77. The molecule has 1 aromatic heterocycles. The van der Waals surface area contributed by atoms with Crippen molar-refractivity contribution in [3.8, 4) is 0 Å². The van der Waals surface area contributed by atoms with Crippen molar-refractivity contribution in [2.24, 2.45) is 0 Å². The van der Waals surface area contributed by atoms with Gasteiger partial charge >= 0.3 is 0 Å². The smallest absolute Gasteiger partial charge is 0.271 e. The summed E-state index contributed by atoms with van der Waals surface area (Å²) in [5.41, 5.74) is 0.724. The molecule has 0 unspecified atom stereocenters. The molecule has 1 atom stereocenters. The monoisotopic (exact) mass is 353 g/mol. The lowest BCUT2D eigenvalue weighted by Gasteiger charge is -2.32. The molecule has 24 heavy (non-hydrogen) atoms. The van der Waals surface area contributed by atoms with Gasteiger partial charge in [-0.2, -0.15) is 5.10 Å². The molecule has 0 saturated carbocycles. The summed E-state index contributed by atoms with van der Waals surface area (Å²) < 4.78 is 27.1. The van der Waals surface area contributed by atoms with Gasteiger partial charge in [0, 0.05) is 36.7 Å². The van der Waals surface area contributed by atoms with Crippen LogP contribution in [0.4, 0.5) is 5.69 Å². The number of nitrogens with zero attached hydrogens (tertiary/aromatic N) is 4. The molecule has 10 heteroatoms. The third-order valence-corrected chi connectivity index (χ3v) is 4.82. The van der Waals surface area contributed by atoms with E-state index in [4.69, 9.17) is 0 Å². The molecule has 1 aromatic carbocycles. The minimum absolute atomic E-state index is 0.0273. The number of non-ortho nitro benzene ring substituents is 1. The SMILES string of the molecule is CS(=O)(=O)N[C@H]1CCCN(Cn2ncc3ccc([N+](=O)[O-])cc32)C1. The fourth-order valence-electron chi connectivity index (χ4n) is 3.06. The molecule has 0 radical (unpaired) electrons. The Kier molecular flexibility index (Phi) is 4.52. The summed E-state index contributed by atoms with van der Waals surface area (Å²) in [6.07, 6.45) is 4.52. The van der Waals surface area contributed by atoms with Crippen molar-refractivity contribution in [1.82, 2.24) is 19.4 Å². The van der Waals surface area contributed by atoms with Crippen LogP contribution in [0.15, 0.2) is 24.4 Å². The first-order chi connectivity index (χ1) is 11.3. The Morgan fingerprint density at radius 3 is 2.96 bits per heavy atom. The number of fused-ring (bicyclic) bond motifs is 1. The van der Waals surface area contributed by atoms with Gasteiger partial charge in [-0.3, -0.25) is 19.7 Å². The molecule has 9 nitrogen and oxygen atoms in total. The normalized spacial score (nSPS) is 19.6. The molecule has 0 amide bonds. The molecule has 1 saturated heterocycles. The number of benzene rings is 1. The predicted molar refractivity (Wildman–Crippen MR) is 89.0 cm³/mol. The van der Waals surface area contributed by atoms with E-state index in [1.54, 1.807) is 16.9 Å². The molecule has 3 rings (SSSR count). The van der Waals surface area contributed by atoms with Crippen LogP contribution in [0.2, 0.25) is 0 Å². The molecular formula is C14H19N5O4S. The third-order valence-electron chi connectivity index (χ3n) is 4.06. The quantitative estimate of drug-likeness (QED) is 0.632. The van der Waals surface area contributed by atoms with Gasteiger partial charge in [0.25, 0.3) is 5.69 Å². The van der Waals surface area contributed by atoms with Crippen LogP contribution in [0.1, 0.15) is 12.8 Å². The third kappa shape index (κ3) is 3.89. The van der Waals surface area contributed by atoms with Gasteiger partial charge in [0.2, 0.25) is 10.0 Å². The number of hydrogen-bond acceptors (Lipinski definition) is 6. The van der Waals surface area contributed by atoms with E-state index in [1.807, 2.05) is 0 Å². The summed E-state index contributed by atoms with van der Waals surface area (Å²) in [6, 6.07) is 4.53. The number of sulfonamides is 1. The maximum absolute atomic E-state index is 11.4. The van der Waals surface area contributed by atoms with Gasteiger partial charge in [-0.15, -0.1) is 0 Å². The van der Waals surface area contributed by atoms with E-state index in [9.17, 15) is 18.5 Å². The Bertz CT molecular complexity index is 863. The Labute approximate surface area is 139 Å². The van der Waals surface area contributed by atoms with Gasteiger partial charge in [0.15, 0.2) is 0 Å². The van der Waals surface area contributed by atoms with Gasteiger partial charge in [-0.25, -0.2) is 13.1 Å². The zero-order valence-electron chi connectivity index (χ0n) is 13.3. The van der Waals surface area contributed by atoms with Crippen LogP contribution in [-0.4, -0.2) is 53.4 Å². The van der Waals surface area contributed by atoms with E-state index >= 15 is 0 Å². The van der Waals surface area contributed by atoms with Gasteiger partial charge in [-0.05, 0) is 18.9 Å². The van der Waals surface area contributed by atoms with Crippen LogP contribution in [0, 0.1) is 10.1 Å². The molecule has 1 aliphatic heterocycles. The lowest BCUT2D eigenvalue weighted by Crippen LogP contribution is -2.47. The standard InChI is InChI=1S/C14H19N5O4S/c1-24(22,23)16-12-3-2-6-17(9-12)10-18-14-7-13(19(20)21)5-4-11(14)8-15-18/h4-5,7-8,12,16H,2-3,6,9-10H2,1H3/t12-/m0/s1. The van der Waals surface area contributed by atoms with Crippen molar-refractivity contribution in [2.75, 3.05) is 19.3 Å². The summed E-state index contributed by atoms with van der Waals surface area (Å²) in [4.78, 5) is 12.6. The van der Waals surface area contributed by atoms with Crippen molar-refractivity contribution in [2.45, 2.75) is 25.6 Å². The highest BCUT2D eigenvalue weighted by atomic mass is 32.2. The lowest BCUT2D eigenvalue weighted by atomic mass is 10.1. The van der Waals surface area contributed by atoms with Crippen molar-refractivity contribution in [1.29, 1.82) is 0 Å². The molecule has 1 aliphatic rings. The van der Waals surface area contributed by atoms with E-state index in [2.05, 4.69) is 14.7 Å². The highest BCUT2D eigenvalue weighted by Crippen LogP contribution is 2.21. The first-order valence-electron chi connectivity index (χ1n) is 7.61. The van der Waals surface area contributed by atoms with E-state index in [1.165, 1.54) is 12.1 Å². The molecule has 2 heterocycles. The molecule has 0 spiro atoms. The maximum Gasteiger partial charge on any atom is 0.271 e. The zero-order valence-corrected chi connectivity index (χ0v) is 14.1. The average molecular weight is 353 g/mol. The summed E-state index contributed by atoms with van der Waals surface area (Å²) >= 11 is 0. The topological polar surface area (TPSA) is 110 Å². The number of nitrogens with one attached hydrogen (secondary N) is 1. The van der Waals surface area contributed by atoms with Crippen LogP contribution in [0.3, 0.4) is 0 Å². The lowest BCUT2D eigenvalue weighted by molar-refractivity contribution is -0.384. The van der Waals surface area contributed by atoms with Gasteiger partial charge < -0.3 is 0 Å². The van der Waals surface area contributed by atoms with Crippen LogP contribution in [0.25, 0.3) is 10.9 Å². The Hall–Kier alpha value is -2.04. The number of piperidine rings is 1. The predicted octanol–water partition coefficient (Wildman–Crippen LogP) is 0.916. The van der Waals surface area contributed by atoms with Crippen LogP contribution < -0.4 is 4.72 Å². The minimum Gasteiger partial charge on any atom is -0.283 e. The number of aromatic nitrogens is 2. The van der Waals surface area contributed by atoms with Crippen LogP contribution >= 0.6 is 0 Å². The largest absolute Gasteiger partial charge is 0.283 e. The molecular weight excluding hydrogens is 334 g/mol. The van der Waals surface area contributed by atoms with Crippen LogP contribution in [0.5, 0.6) is 0 Å². The van der Waals surface area contributed by atoms with Crippen molar-refractivity contribution >= 4 is 26.6 Å². The van der Waals surface area contributed by atoms with E-state index < -0.39 is 14.9 Å². The molecule has 1 fully saturated rings. The van der Waals surface area contributed by atoms with Crippen molar-refractivity contribution in [3.05, 3.63) is 34.5 Å². The molecule has 1 N–H and O–H groups in total. The zero-order chi connectivity index (χ0) is 17.3. The van der Waals surface area contributed by atoms with E-state index in [-0.39, 0.29) is 11.7 Å². The van der Waals surface area contributed by atoms with Gasteiger partial charge in [0.05, 0.1) is 29.6 Å². The maximum atomic E-state index is 11.4. The second-order valence-corrected chi connectivity index (χ2v) is 7.87. The Morgan fingerprint density at radius 1 is 1.46 bits per heavy atom. The summed E-state index contributed by atoms with van der Waals surface area (Å²) in [5, 5.41) is 16.1. The summed E-state index contributed by atoms with van der Waals surface area (Å²) in [6.45, 7) is 1.88.